The quantitative estimate of drug-likeness (QED) is 0.816. The number of amides is 1. The number of alkyl halides is 1. The van der Waals surface area contributed by atoms with Crippen molar-refractivity contribution in [2.24, 2.45) is 5.92 Å². The first kappa shape index (κ1) is 13.7. The van der Waals surface area contributed by atoms with Crippen LogP contribution in [0.3, 0.4) is 0 Å². The molecule has 4 nitrogen and oxygen atoms in total. The zero-order chi connectivity index (χ0) is 14.8. The van der Waals surface area contributed by atoms with E-state index < -0.39 is 0 Å². The number of hydrogen-bond donors (Lipinski definition) is 0. The van der Waals surface area contributed by atoms with E-state index in [2.05, 4.69) is 6.07 Å². The van der Waals surface area contributed by atoms with Gasteiger partial charge in [0.15, 0.2) is 0 Å². The highest BCUT2D eigenvalue weighted by atomic mass is 35.5. The number of anilines is 1. The molecule has 3 rings (SSSR count). The third-order valence-electron chi connectivity index (χ3n) is 3.56. The number of nitriles is 1. The third kappa shape index (κ3) is 2.53. The second kappa shape index (κ2) is 5.63. The van der Waals surface area contributed by atoms with E-state index in [1.807, 2.05) is 30.3 Å². The van der Waals surface area contributed by atoms with Gasteiger partial charge in [0.05, 0.1) is 0 Å². The Labute approximate surface area is 127 Å². The van der Waals surface area contributed by atoms with Crippen LogP contribution in [-0.4, -0.2) is 18.3 Å². The summed E-state index contributed by atoms with van der Waals surface area (Å²) in [5.41, 5.74) is 1.25. The molecule has 0 aliphatic carbocycles. The van der Waals surface area contributed by atoms with Crippen LogP contribution in [-0.2, 0) is 4.79 Å². The van der Waals surface area contributed by atoms with Gasteiger partial charge in [0.1, 0.15) is 17.4 Å². The molecular formula is C16H13ClN2O2. The highest BCUT2D eigenvalue weighted by Gasteiger charge is 2.33. The molecule has 1 aliphatic rings. The summed E-state index contributed by atoms with van der Waals surface area (Å²) in [6.45, 7) is 0.499. The number of furan rings is 1. The molecule has 0 spiro atoms. The van der Waals surface area contributed by atoms with E-state index >= 15 is 0 Å². The van der Waals surface area contributed by atoms with Crippen molar-refractivity contribution in [2.75, 3.05) is 17.3 Å². The van der Waals surface area contributed by atoms with Crippen molar-refractivity contribution in [3.05, 3.63) is 42.0 Å². The highest BCUT2D eigenvalue weighted by molar-refractivity contribution is 6.18. The molecule has 0 radical (unpaired) electrons. The van der Waals surface area contributed by atoms with E-state index in [4.69, 9.17) is 16.0 Å². The molecule has 1 fully saturated rings. The Bertz CT molecular complexity index is 703. The van der Waals surface area contributed by atoms with Crippen molar-refractivity contribution in [3.8, 4) is 17.4 Å². The molecule has 2 aromatic rings. The van der Waals surface area contributed by atoms with E-state index in [0.29, 0.717) is 36.1 Å². The van der Waals surface area contributed by atoms with E-state index in [0.717, 1.165) is 5.56 Å². The summed E-state index contributed by atoms with van der Waals surface area (Å²) in [6, 6.07) is 13.3. The molecule has 1 saturated heterocycles. The van der Waals surface area contributed by atoms with Crippen molar-refractivity contribution in [1.29, 1.82) is 5.26 Å². The second-order valence-electron chi connectivity index (χ2n) is 5.04. The first-order valence-electron chi connectivity index (χ1n) is 6.68. The topological polar surface area (TPSA) is 57.2 Å². The standard InChI is InChI=1S/C16H13ClN2O2/c17-8-11-6-15(20)19(10-11)16-13(9-18)7-14(21-16)12-4-2-1-3-5-12/h1-5,7,11H,6,8,10H2. The molecule has 0 saturated carbocycles. The molecule has 0 bridgehead atoms. The Morgan fingerprint density at radius 1 is 1.38 bits per heavy atom. The van der Waals surface area contributed by atoms with Gasteiger partial charge in [-0.3, -0.25) is 9.69 Å². The number of carbonyl (C=O) groups is 1. The molecule has 0 N–H and O–H groups in total. The van der Waals surface area contributed by atoms with Gasteiger partial charge in [-0.1, -0.05) is 30.3 Å². The van der Waals surface area contributed by atoms with Gasteiger partial charge in [-0.2, -0.15) is 5.26 Å². The lowest BCUT2D eigenvalue weighted by atomic mass is 10.1. The summed E-state index contributed by atoms with van der Waals surface area (Å²) in [5.74, 6) is 1.40. The van der Waals surface area contributed by atoms with Gasteiger partial charge in [0.2, 0.25) is 11.8 Å². The van der Waals surface area contributed by atoms with E-state index in [-0.39, 0.29) is 11.8 Å². The van der Waals surface area contributed by atoms with E-state index in [9.17, 15) is 10.1 Å². The van der Waals surface area contributed by atoms with Crippen LogP contribution in [0.4, 0.5) is 5.88 Å². The zero-order valence-electron chi connectivity index (χ0n) is 11.3. The average Bonchev–Trinajstić information content (AvgIpc) is 3.11. The molecule has 1 aromatic carbocycles. The fraction of sp³-hybridized carbons (Fsp3) is 0.250. The second-order valence-corrected chi connectivity index (χ2v) is 5.34. The van der Waals surface area contributed by atoms with Gasteiger partial charge in [0.25, 0.3) is 0 Å². The van der Waals surface area contributed by atoms with Crippen molar-refractivity contribution in [1.82, 2.24) is 0 Å². The minimum absolute atomic E-state index is 0.0499. The molecular weight excluding hydrogens is 288 g/mol. The van der Waals surface area contributed by atoms with E-state index in [1.54, 1.807) is 6.07 Å². The third-order valence-corrected chi connectivity index (χ3v) is 4.00. The van der Waals surface area contributed by atoms with Gasteiger partial charge in [-0.25, -0.2) is 0 Å². The molecule has 1 aromatic heterocycles. The fourth-order valence-corrected chi connectivity index (χ4v) is 2.69. The Hall–Kier alpha value is -2.25. The number of rotatable bonds is 3. The Balaban J connectivity index is 1.98. The van der Waals surface area contributed by atoms with Crippen molar-refractivity contribution < 1.29 is 9.21 Å². The van der Waals surface area contributed by atoms with Gasteiger partial charge in [-0.15, -0.1) is 11.6 Å². The molecule has 1 unspecified atom stereocenters. The van der Waals surface area contributed by atoms with Crippen LogP contribution in [0, 0.1) is 17.2 Å². The van der Waals surface area contributed by atoms with Crippen molar-refractivity contribution in [3.63, 3.8) is 0 Å². The molecule has 1 amide bonds. The predicted octanol–water partition coefficient (Wildman–Crippen LogP) is 3.41. The minimum atomic E-state index is -0.0499. The first-order chi connectivity index (χ1) is 10.2. The van der Waals surface area contributed by atoms with Gasteiger partial charge in [-0.05, 0) is 5.92 Å². The number of halogens is 1. The van der Waals surface area contributed by atoms with Crippen molar-refractivity contribution >= 4 is 23.4 Å². The van der Waals surface area contributed by atoms with Crippen LogP contribution in [0.15, 0.2) is 40.8 Å². The molecule has 1 atom stereocenters. The normalized spacial score (nSPS) is 18.0. The van der Waals surface area contributed by atoms with Crippen LogP contribution < -0.4 is 4.90 Å². The molecule has 106 valence electrons. The van der Waals surface area contributed by atoms with Crippen LogP contribution in [0.25, 0.3) is 11.3 Å². The molecule has 1 aliphatic heterocycles. The summed E-state index contributed by atoms with van der Waals surface area (Å²) in [5, 5.41) is 9.27. The number of nitrogens with zero attached hydrogens (tertiary/aromatic N) is 2. The zero-order valence-corrected chi connectivity index (χ0v) is 12.0. The van der Waals surface area contributed by atoms with Crippen LogP contribution in [0.2, 0.25) is 0 Å². The number of carbonyl (C=O) groups excluding carboxylic acids is 1. The predicted molar refractivity (Wildman–Crippen MR) is 80.0 cm³/mol. The maximum Gasteiger partial charge on any atom is 0.229 e. The summed E-state index contributed by atoms with van der Waals surface area (Å²) in [7, 11) is 0. The maximum atomic E-state index is 12.1. The largest absolute Gasteiger partial charge is 0.439 e. The average molecular weight is 301 g/mol. The smallest absolute Gasteiger partial charge is 0.229 e. The number of benzene rings is 1. The molecule has 21 heavy (non-hydrogen) atoms. The molecule has 2 heterocycles. The summed E-state index contributed by atoms with van der Waals surface area (Å²) < 4.78 is 5.78. The number of hydrogen-bond acceptors (Lipinski definition) is 3. The highest BCUT2D eigenvalue weighted by Crippen LogP contribution is 2.34. The summed E-state index contributed by atoms with van der Waals surface area (Å²) in [4.78, 5) is 13.6. The Kier molecular flexibility index (Phi) is 3.68. The lowest BCUT2D eigenvalue weighted by Crippen LogP contribution is -2.24. The van der Waals surface area contributed by atoms with Crippen molar-refractivity contribution in [2.45, 2.75) is 6.42 Å². The van der Waals surface area contributed by atoms with E-state index in [1.165, 1.54) is 4.90 Å². The van der Waals surface area contributed by atoms with Gasteiger partial charge in [0, 0.05) is 30.5 Å². The summed E-state index contributed by atoms with van der Waals surface area (Å²) in [6.07, 6.45) is 0.399. The minimum Gasteiger partial charge on any atom is -0.439 e. The summed E-state index contributed by atoms with van der Waals surface area (Å²) >= 11 is 5.83. The molecule has 5 heteroatoms. The van der Waals surface area contributed by atoms with Gasteiger partial charge < -0.3 is 4.42 Å². The van der Waals surface area contributed by atoms with Crippen LogP contribution in [0.5, 0.6) is 0 Å². The van der Waals surface area contributed by atoms with Gasteiger partial charge >= 0.3 is 0 Å². The maximum absolute atomic E-state index is 12.1. The fourth-order valence-electron chi connectivity index (χ4n) is 2.49. The monoisotopic (exact) mass is 300 g/mol. The Morgan fingerprint density at radius 3 is 2.76 bits per heavy atom. The first-order valence-corrected chi connectivity index (χ1v) is 7.22. The lowest BCUT2D eigenvalue weighted by Gasteiger charge is -2.13. The Morgan fingerprint density at radius 2 is 2.14 bits per heavy atom. The van der Waals surface area contributed by atoms with Crippen LogP contribution in [0.1, 0.15) is 12.0 Å². The lowest BCUT2D eigenvalue weighted by molar-refractivity contribution is -0.117. The SMILES string of the molecule is N#Cc1cc(-c2ccccc2)oc1N1CC(CCl)CC1=O. The van der Waals surface area contributed by atoms with Crippen LogP contribution >= 0.6 is 11.6 Å².